The van der Waals surface area contributed by atoms with Gasteiger partial charge in [-0.25, -0.2) is 4.98 Å². The van der Waals surface area contributed by atoms with Crippen molar-refractivity contribution in [2.45, 2.75) is 37.6 Å². The van der Waals surface area contributed by atoms with E-state index in [0.717, 1.165) is 42.0 Å². The number of hydrogen-bond donors (Lipinski definition) is 4. The summed E-state index contributed by atoms with van der Waals surface area (Å²) >= 11 is 3.50. The van der Waals surface area contributed by atoms with Crippen molar-refractivity contribution in [2.24, 2.45) is 0 Å². The van der Waals surface area contributed by atoms with Crippen molar-refractivity contribution in [3.8, 4) is 0 Å². The molecule has 1 aliphatic carbocycles. The quantitative estimate of drug-likeness (QED) is 0.640. The predicted molar refractivity (Wildman–Crippen MR) is 93.1 cm³/mol. The first-order chi connectivity index (χ1) is 11.3. The number of nitrogens with one attached hydrogen (secondary N) is 4. The molecule has 1 saturated carbocycles. The van der Waals surface area contributed by atoms with Gasteiger partial charge < -0.3 is 16.0 Å². The first kappa shape index (κ1) is 14.9. The summed E-state index contributed by atoms with van der Waals surface area (Å²) in [5.41, 5.74) is 1.20. The molecule has 3 heterocycles. The van der Waals surface area contributed by atoms with Crippen LogP contribution >= 0.6 is 15.9 Å². The van der Waals surface area contributed by atoms with Crippen LogP contribution in [0.4, 0.5) is 17.6 Å². The van der Waals surface area contributed by atoms with Crippen molar-refractivity contribution >= 4 is 33.5 Å². The van der Waals surface area contributed by atoms with Crippen LogP contribution in [0.25, 0.3) is 0 Å². The molecule has 0 bridgehead atoms. The SMILES string of the molecule is Brc1cnc(NC2CCNCC2)nc1Nc1cc(C2CC2)[nH]n1. The standard InChI is InChI=1S/C15H20BrN7/c16-11-8-18-15(19-10-3-5-17-6-4-10)21-14(11)20-13-7-12(22-23-13)9-1-2-9/h7-10,17H,1-6H2,(H3,18,19,20,21,22,23). The number of aromatic nitrogens is 4. The summed E-state index contributed by atoms with van der Waals surface area (Å²) < 4.78 is 0.823. The number of piperidine rings is 1. The van der Waals surface area contributed by atoms with Crippen LogP contribution < -0.4 is 16.0 Å². The van der Waals surface area contributed by atoms with Gasteiger partial charge in [0.15, 0.2) is 11.6 Å². The molecule has 2 aromatic heterocycles. The van der Waals surface area contributed by atoms with Gasteiger partial charge in [-0.05, 0) is 54.7 Å². The van der Waals surface area contributed by atoms with Gasteiger partial charge in [-0.15, -0.1) is 0 Å². The second kappa shape index (κ2) is 6.45. The van der Waals surface area contributed by atoms with Crippen molar-refractivity contribution in [1.29, 1.82) is 0 Å². The zero-order valence-electron chi connectivity index (χ0n) is 12.8. The lowest BCUT2D eigenvalue weighted by Crippen LogP contribution is -2.35. The van der Waals surface area contributed by atoms with E-state index in [0.29, 0.717) is 17.9 Å². The van der Waals surface area contributed by atoms with Gasteiger partial charge in [-0.3, -0.25) is 5.10 Å². The molecule has 1 saturated heterocycles. The van der Waals surface area contributed by atoms with Gasteiger partial charge in [0, 0.05) is 29.9 Å². The molecule has 2 aromatic rings. The van der Waals surface area contributed by atoms with Crippen LogP contribution in [0.2, 0.25) is 0 Å². The zero-order chi connectivity index (χ0) is 15.6. The minimum atomic E-state index is 0.428. The van der Waals surface area contributed by atoms with Crippen LogP contribution in [-0.2, 0) is 0 Å². The molecule has 8 heteroatoms. The number of aromatic amines is 1. The Balaban J connectivity index is 1.46. The Hall–Kier alpha value is -1.67. The molecule has 23 heavy (non-hydrogen) atoms. The highest BCUT2D eigenvalue weighted by Crippen LogP contribution is 2.39. The summed E-state index contributed by atoms with van der Waals surface area (Å²) in [5.74, 6) is 2.83. The topological polar surface area (TPSA) is 90.5 Å². The lowest BCUT2D eigenvalue weighted by Gasteiger charge is -2.23. The Kier molecular flexibility index (Phi) is 4.17. The Morgan fingerprint density at radius 2 is 2.00 bits per heavy atom. The Labute approximate surface area is 143 Å². The van der Waals surface area contributed by atoms with Crippen molar-refractivity contribution in [3.05, 3.63) is 22.4 Å². The van der Waals surface area contributed by atoms with Crippen LogP contribution in [0.15, 0.2) is 16.7 Å². The number of anilines is 3. The largest absolute Gasteiger partial charge is 0.351 e. The van der Waals surface area contributed by atoms with E-state index in [1.54, 1.807) is 6.20 Å². The lowest BCUT2D eigenvalue weighted by atomic mass is 10.1. The third kappa shape index (κ3) is 3.64. The highest BCUT2D eigenvalue weighted by molar-refractivity contribution is 9.10. The number of hydrogen-bond acceptors (Lipinski definition) is 6. The normalized spacial score (nSPS) is 18.8. The minimum absolute atomic E-state index is 0.428. The first-order valence-corrected chi connectivity index (χ1v) is 8.89. The summed E-state index contributed by atoms with van der Waals surface area (Å²) in [5, 5.41) is 17.4. The average Bonchev–Trinajstić information content (AvgIpc) is 3.32. The molecular weight excluding hydrogens is 358 g/mol. The smallest absolute Gasteiger partial charge is 0.224 e. The van der Waals surface area contributed by atoms with Gasteiger partial charge in [0.2, 0.25) is 5.95 Å². The van der Waals surface area contributed by atoms with Crippen LogP contribution in [0.1, 0.15) is 37.3 Å². The van der Waals surface area contributed by atoms with Crippen molar-refractivity contribution in [3.63, 3.8) is 0 Å². The lowest BCUT2D eigenvalue weighted by molar-refractivity contribution is 0.477. The van der Waals surface area contributed by atoms with Crippen molar-refractivity contribution in [2.75, 3.05) is 23.7 Å². The Morgan fingerprint density at radius 1 is 1.17 bits per heavy atom. The summed E-state index contributed by atoms with van der Waals surface area (Å²) in [6.07, 6.45) is 6.46. The van der Waals surface area contributed by atoms with Crippen molar-refractivity contribution in [1.82, 2.24) is 25.5 Å². The maximum absolute atomic E-state index is 4.58. The van der Waals surface area contributed by atoms with Gasteiger partial charge in [0.05, 0.1) is 4.47 Å². The van der Waals surface area contributed by atoms with E-state index >= 15 is 0 Å². The first-order valence-electron chi connectivity index (χ1n) is 8.10. The molecule has 0 spiro atoms. The van der Waals surface area contributed by atoms with Gasteiger partial charge >= 0.3 is 0 Å². The molecule has 2 fully saturated rings. The molecular formula is C15H20BrN7. The predicted octanol–water partition coefficient (Wildman–Crippen LogP) is 2.75. The third-order valence-electron chi connectivity index (χ3n) is 4.28. The minimum Gasteiger partial charge on any atom is -0.351 e. The van der Waals surface area contributed by atoms with Crippen LogP contribution in [-0.4, -0.2) is 39.3 Å². The molecule has 0 aromatic carbocycles. The van der Waals surface area contributed by atoms with Crippen LogP contribution in [0, 0.1) is 0 Å². The van der Waals surface area contributed by atoms with E-state index in [4.69, 9.17) is 0 Å². The molecule has 122 valence electrons. The number of H-pyrrole nitrogens is 1. The molecule has 0 atom stereocenters. The van der Waals surface area contributed by atoms with E-state index < -0.39 is 0 Å². The van der Waals surface area contributed by atoms with Crippen molar-refractivity contribution < 1.29 is 0 Å². The molecule has 2 aliphatic rings. The highest BCUT2D eigenvalue weighted by Gasteiger charge is 2.25. The van der Waals surface area contributed by atoms with Gasteiger partial charge in [-0.1, -0.05) is 0 Å². The fourth-order valence-electron chi connectivity index (χ4n) is 2.80. The summed E-state index contributed by atoms with van der Waals surface area (Å²) in [7, 11) is 0. The van der Waals surface area contributed by atoms with E-state index in [2.05, 4.69) is 58.1 Å². The number of halogens is 1. The maximum Gasteiger partial charge on any atom is 0.224 e. The molecule has 4 rings (SSSR count). The maximum atomic E-state index is 4.58. The average molecular weight is 378 g/mol. The highest BCUT2D eigenvalue weighted by atomic mass is 79.9. The monoisotopic (exact) mass is 377 g/mol. The Morgan fingerprint density at radius 3 is 2.78 bits per heavy atom. The van der Waals surface area contributed by atoms with Crippen LogP contribution in [0.3, 0.4) is 0 Å². The third-order valence-corrected chi connectivity index (χ3v) is 4.86. The fourth-order valence-corrected chi connectivity index (χ4v) is 3.09. The summed E-state index contributed by atoms with van der Waals surface area (Å²) in [4.78, 5) is 8.94. The molecule has 0 unspecified atom stereocenters. The van der Waals surface area contributed by atoms with E-state index in [1.807, 2.05) is 0 Å². The number of nitrogens with zero attached hydrogens (tertiary/aromatic N) is 3. The van der Waals surface area contributed by atoms with E-state index in [1.165, 1.54) is 18.5 Å². The van der Waals surface area contributed by atoms with Crippen LogP contribution in [0.5, 0.6) is 0 Å². The number of rotatable bonds is 5. The molecule has 1 aliphatic heterocycles. The van der Waals surface area contributed by atoms with E-state index in [9.17, 15) is 0 Å². The second-order valence-electron chi connectivity index (χ2n) is 6.17. The zero-order valence-corrected chi connectivity index (χ0v) is 14.4. The summed E-state index contributed by atoms with van der Waals surface area (Å²) in [6.45, 7) is 2.08. The Bertz CT molecular complexity index is 676. The molecule has 7 nitrogen and oxygen atoms in total. The van der Waals surface area contributed by atoms with E-state index in [-0.39, 0.29) is 0 Å². The molecule has 4 N–H and O–H groups in total. The fraction of sp³-hybridized carbons (Fsp3) is 0.533. The van der Waals surface area contributed by atoms with Gasteiger partial charge in [0.1, 0.15) is 0 Å². The molecule has 0 amide bonds. The molecule has 0 radical (unpaired) electrons. The van der Waals surface area contributed by atoms with Gasteiger partial charge in [0.25, 0.3) is 0 Å². The van der Waals surface area contributed by atoms with Gasteiger partial charge in [-0.2, -0.15) is 10.1 Å². The summed E-state index contributed by atoms with van der Waals surface area (Å²) in [6, 6.07) is 2.49. The second-order valence-corrected chi connectivity index (χ2v) is 7.02.